The standard InChI is InChI=1S/C16H22N2O3/c1-12-8-10-18(14(12)11-19)15(20)7-9-17-16(21)13-5-3-2-4-6-13/h2-6,12,14,19H,7-11H2,1H3,(H,17,21). The molecule has 1 saturated heterocycles. The Balaban J connectivity index is 1.78. The first-order valence-electron chi connectivity index (χ1n) is 7.37. The third-order valence-electron chi connectivity index (χ3n) is 4.05. The smallest absolute Gasteiger partial charge is 0.251 e. The average Bonchev–Trinajstić information content (AvgIpc) is 2.88. The Morgan fingerprint density at radius 1 is 1.33 bits per heavy atom. The molecular weight excluding hydrogens is 268 g/mol. The molecule has 0 saturated carbocycles. The lowest BCUT2D eigenvalue weighted by molar-refractivity contribution is -0.132. The van der Waals surface area contributed by atoms with Crippen LogP contribution in [-0.2, 0) is 4.79 Å². The number of rotatable bonds is 5. The van der Waals surface area contributed by atoms with Gasteiger partial charge in [-0.1, -0.05) is 25.1 Å². The summed E-state index contributed by atoms with van der Waals surface area (Å²) in [6.07, 6.45) is 1.19. The molecule has 0 bridgehead atoms. The van der Waals surface area contributed by atoms with Gasteiger partial charge in [-0.3, -0.25) is 9.59 Å². The highest BCUT2D eigenvalue weighted by Crippen LogP contribution is 2.23. The summed E-state index contributed by atoms with van der Waals surface area (Å²) >= 11 is 0. The number of aliphatic hydroxyl groups is 1. The van der Waals surface area contributed by atoms with Gasteiger partial charge in [-0.2, -0.15) is 0 Å². The van der Waals surface area contributed by atoms with Gasteiger partial charge in [0.25, 0.3) is 5.91 Å². The molecule has 2 rings (SSSR count). The summed E-state index contributed by atoms with van der Waals surface area (Å²) in [5.74, 6) is 0.154. The monoisotopic (exact) mass is 290 g/mol. The summed E-state index contributed by atoms with van der Waals surface area (Å²) in [6, 6.07) is 8.85. The predicted octanol–water partition coefficient (Wildman–Crippen LogP) is 1.04. The maximum absolute atomic E-state index is 12.1. The second-order valence-corrected chi connectivity index (χ2v) is 5.47. The van der Waals surface area contributed by atoms with E-state index in [0.717, 1.165) is 6.42 Å². The van der Waals surface area contributed by atoms with Crippen molar-refractivity contribution in [2.24, 2.45) is 5.92 Å². The first-order valence-corrected chi connectivity index (χ1v) is 7.37. The van der Waals surface area contributed by atoms with E-state index < -0.39 is 0 Å². The molecule has 0 aromatic heterocycles. The largest absolute Gasteiger partial charge is 0.394 e. The van der Waals surface area contributed by atoms with E-state index in [4.69, 9.17) is 0 Å². The summed E-state index contributed by atoms with van der Waals surface area (Å²) in [5.41, 5.74) is 0.591. The van der Waals surface area contributed by atoms with Crippen molar-refractivity contribution in [2.75, 3.05) is 19.7 Å². The molecule has 5 heteroatoms. The fraction of sp³-hybridized carbons (Fsp3) is 0.500. The van der Waals surface area contributed by atoms with E-state index in [-0.39, 0.29) is 30.9 Å². The van der Waals surface area contributed by atoms with E-state index in [0.29, 0.717) is 24.6 Å². The minimum atomic E-state index is -0.170. The van der Waals surface area contributed by atoms with Gasteiger partial charge < -0.3 is 15.3 Å². The molecule has 2 N–H and O–H groups in total. The molecule has 1 aromatic rings. The van der Waals surface area contributed by atoms with Crippen LogP contribution in [0.25, 0.3) is 0 Å². The van der Waals surface area contributed by atoms with Gasteiger partial charge in [0.1, 0.15) is 0 Å². The average molecular weight is 290 g/mol. The van der Waals surface area contributed by atoms with Crippen molar-refractivity contribution in [2.45, 2.75) is 25.8 Å². The van der Waals surface area contributed by atoms with Crippen molar-refractivity contribution in [3.8, 4) is 0 Å². The number of amides is 2. The van der Waals surface area contributed by atoms with Crippen LogP contribution < -0.4 is 5.32 Å². The Morgan fingerprint density at radius 3 is 2.71 bits per heavy atom. The number of hydrogen-bond donors (Lipinski definition) is 2. The van der Waals surface area contributed by atoms with Gasteiger partial charge in [-0.05, 0) is 24.5 Å². The molecule has 5 nitrogen and oxygen atoms in total. The summed E-state index contributed by atoms with van der Waals surface area (Å²) in [6.45, 7) is 3.06. The Hall–Kier alpha value is -1.88. The number of nitrogens with one attached hydrogen (secondary N) is 1. The highest BCUT2D eigenvalue weighted by molar-refractivity contribution is 5.94. The van der Waals surface area contributed by atoms with E-state index in [1.54, 1.807) is 29.2 Å². The van der Waals surface area contributed by atoms with Crippen LogP contribution in [0.5, 0.6) is 0 Å². The van der Waals surface area contributed by atoms with Crippen LogP contribution in [0.4, 0.5) is 0 Å². The summed E-state index contributed by atoms with van der Waals surface area (Å²) < 4.78 is 0. The maximum Gasteiger partial charge on any atom is 0.251 e. The number of nitrogens with zero attached hydrogens (tertiary/aromatic N) is 1. The zero-order chi connectivity index (χ0) is 15.2. The van der Waals surface area contributed by atoms with Crippen LogP contribution >= 0.6 is 0 Å². The number of aliphatic hydroxyl groups excluding tert-OH is 1. The fourth-order valence-electron chi connectivity index (χ4n) is 2.71. The Labute approximate surface area is 125 Å². The molecule has 1 fully saturated rings. The lowest BCUT2D eigenvalue weighted by Crippen LogP contribution is -2.41. The van der Waals surface area contributed by atoms with Gasteiger partial charge >= 0.3 is 0 Å². The molecule has 0 spiro atoms. The SMILES string of the molecule is CC1CCN(C(=O)CCNC(=O)c2ccccc2)C1CO. The maximum atomic E-state index is 12.1. The van der Waals surface area contributed by atoms with Gasteiger partial charge in [0.2, 0.25) is 5.91 Å². The van der Waals surface area contributed by atoms with Crippen LogP contribution in [0.3, 0.4) is 0 Å². The van der Waals surface area contributed by atoms with E-state index in [2.05, 4.69) is 5.32 Å². The summed E-state index contributed by atoms with van der Waals surface area (Å²) in [7, 11) is 0. The third kappa shape index (κ3) is 3.82. The van der Waals surface area contributed by atoms with Crippen molar-refractivity contribution in [1.29, 1.82) is 0 Å². The zero-order valence-corrected chi connectivity index (χ0v) is 12.3. The number of hydrogen-bond acceptors (Lipinski definition) is 3. The Kier molecular flexibility index (Phi) is 5.33. The topological polar surface area (TPSA) is 69.6 Å². The van der Waals surface area contributed by atoms with E-state index >= 15 is 0 Å². The number of benzene rings is 1. The Bertz CT molecular complexity index is 490. The highest BCUT2D eigenvalue weighted by atomic mass is 16.3. The van der Waals surface area contributed by atoms with Crippen LogP contribution in [0.15, 0.2) is 30.3 Å². The second kappa shape index (κ2) is 7.22. The van der Waals surface area contributed by atoms with Crippen LogP contribution in [-0.4, -0.2) is 47.6 Å². The van der Waals surface area contributed by atoms with Crippen LogP contribution in [0.2, 0.25) is 0 Å². The summed E-state index contributed by atoms with van der Waals surface area (Å²) in [4.78, 5) is 25.7. The molecule has 1 aliphatic rings. The van der Waals surface area contributed by atoms with Gasteiger partial charge in [-0.15, -0.1) is 0 Å². The quantitative estimate of drug-likeness (QED) is 0.851. The van der Waals surface area contributed by atoms with Gasteiger partial charge in [0.05, 0.1) is 12.6 Å². The first kappa shape index (κ1) is 15.5. The van der Waals surface area contributed by atoms with Crippen molar-refractivity contribution >= 4 is 11.8 Å². The zero-order valence-electron chi connectivity index (χ0n) is 12.3. The van der Waals surface area contributed by atoms with Crippen molar-refractivity contribution in [3.63, 3.8) is 0 Å². The lowest BCUT2D eigenvalue weighted by Gasteiger charge is -2.25. The van der Waals surface area contributed by atoms with E-state index in [1.807, 2.05) is 13.0 Å². The predicted molar refractivity (Wildman–Crippen MR) is 79.8 cm³/mol. The van der Waals surface area contributed by atoms with E-state index in [1.165, 1.54) is 0 Å². The fourth-order valence-corrected chi connectivity index (χ4v) is 2.71. The molecule has 1 heterocycles. The molecule has 2 atom stereocenters. The van der Waals surface area contributed by atoms with Gasteiger partial charge in [0, 0.05) is 25.1 Å². The third-order valence-corrected chi connectivity index (χ3v) is 4.05. The minimum absolute atomic E-state index is 0.00326. The molecule has 0 radical (unpaired) electrons. The molecule has 114 valence electrons. The second-order valence-electron chi connectivity index (χ2n) is 5.47. The summed E-state index contributed by atoms with van der Waals surface area (Å²) in [5, 5.41) is 12.1. The molecule has 1 aliphatic heterocycles. The van der Waals surface area contributed by atoms with Crippen LogP contribution in [0.1, 0.15) is 30.1 Å². The number of carbonyl (C=O) groups excluding carboxylic acids is 2. The molecule has 21 heavy (non-hydrogen) atoms. The van der Waals surface area contributed by atoms with Gasteiger partial charge in [0.15, 0.2) is 0 Å². The minimum Gasteiger partial charge on any atom is -0.394 e. The molecule has 2 amide bonds. The number of carbonyl (C=O) groups is 2. The lowest BCUT2D eigenvalue weighted by atomic mass is 10.0. The van der Waals surface area contributed by atoms with Crippen molar-refractivity contribution < 1.29 is 14.7 Å². The van der Waals surface area contributed by atoms with Crippen molar-refractivity contribution in [1.82, 2.24) is 10.2 Å². The van der Waals surface area contributed by atoms with Gasteiger partial charge in [-0.25, -0.2) is 0 Å². The molecule has 2 unspecified atom stereocenters. The molecular formula is C16H22N2O3. The van der Waals surface area contributed by atoms with Crippen molar-refractivity contribution in [3.05, 3.63) is 35.9 Å². The Morgan fingerprint density at radius 2 is 2.05 bits per heavy atom. The first-order chi connectivity index (χ1) is 10.1. The normalized spacial score (nSPS) is 21.3. The highest BCUT2D eigenvalue weighted by Gasteiger charge is 2.33. The molecule has 1 aromatic carbocycles. The van der Waals surface area contributed by atoms with Crippen LogP contribution in [0, 0.1) is 5.92 Å². The molecule has 0 aliphatic carbocycles. The van der Waals surface area contributed by atoms with E-state index in [9.17, 15) is 14.7 Å². The number of likely N-dealkylation sites (tertiary alicyclic amines) is 1.